The predicted molar refractivity (Wildman–Crippen MR) is 83.3 cm³/mol. The number of aromatic amines is 1. The van der Waals surface area contributed by atoms with Gasteiger partial charge in [0.2, 0.25) is 5.91 Å². The second kappa shape index (κ2) is 6.19. The molecule has 0 aliphatic rings. The number of nitrogens with two attached hydrogens (primary N) is 1. The van der Waals surface area contributed by atoms with Crippen LogP contribution < -0.4 is 11.1 Å². The molecular weight excluding hydrogens is 296 g/mol. The van der Waals surface area contributed by atoms with Crippen LogP contribution in [0.25, 0.3) is 0 Å². The summed E-state index contributed by atoms with van der Waals surface area (Å²) in [6, 6.07) is 5.29. The van der Waals surface area contributed by atoms with Crippen molar-refractivity contribution in [2.45, 2.75) is 18.7 Å². The van der Waals surface area contributed by atoms with Gasteiger partial charge in [0.25, 0.3) is 0 Å². The van der Waals surface area contributed by atoms with Crippen molar-refractivity contribution in [3.63, 3.8) is 0 Å². The third kappa shape index (κ3) is 3.26. The average molecular weight is 311 g/mol. The highest BCUT2D eigenvalue weighted by molar-refractivity contribution is 8.00. The summed E-state index contributed by atoms with van der Waals surface area (Å²) in [7, 11) is 0. The lowest BCUT2D eigenvalue weighted by molar-refractivity contribution is -0.113. The van der Waals surface area contributed by atoms with E-state index in [1.165, 1.54) is 11.8 Å². The Bertz CT molecular complexity index is 602. The van der Waals surface area contributed by atoms with Crippen LogP contribution in [0.2, 0.25) is 5.02 Å². The van der Waals surface area contributed by atoms with Crippen LogP contribution in [0.3, 0.4) is 0 Å². The molecule has 1 aromatic heterocycles. The van der Waals surface area contributed by atoms with Crippen LogP contribution in [-0.2, 0) is 4.79 Å². The fraction of sp³-hybridized carbons (Fsp3) is 0.231. The van der Waals surface area contributed by atoms with Crippen molar-refractivity contribution in [3.8, 4) is 0 Å². The smallest absolute Gasteiger partial charge is 0.234 e. The molecule has 0 unspecified atom stereocenters. The van der Waals surface area contributed by atoms with Gasteiger partial charge in [0.15, 0.2) is 0 Å². The van der Waals surface area contributed by atoms with Crippen LogP contribution in [0.5, 0.6) is 0 Å². The molecule has 1 amide bonds. The van der Waals surface area contributed by atoms with Gasteiger partial charge in [-0.15, -0.1) is 11.8 Å². The summed E-state index contributed by atoms with van der Waals surface area (Å²) in [6.45, 7) is 3.69. The van der Waals surface area contributed by atoms with Crippen LogP contribution in [0, 0.1) is 13.8 Å². The normalized spacial score (nSPS) is 10.6. The van der Waals surface area contributed by atoms with Crippen molar-refractivity contribution >= 4 is 40.6 Å². The molecular formula is C13H15ClN4OS. The molecule has 5 nitrogen and oxygen atoms in total. The molecule has 0 bridgehead atoms. The lowest BCUT2D eigenvalue weighted by atomic mass is 10.3. The van der Waals surface area contributed by atoms with E-state index in [2.05, 4.69) is 15.5 Å². The van der Waals surface area contributed by atoms with E-state index in [9.17, 15) is 4.79 Å². The minimum atomic E-state index is -0.123. The van der Waals surface area contributed by atoms with Crippen LogP contribution in [0.1, 0.15) is 11.4 Å². The standard InChI is InChI=1S/C13H15ClN4OS/c1-7-12(8(2)18-17-7)16-11(19)6-20-13-9(14)4-3-5-10(13)15/h3-5H,6,15H2,1-2H3,(H,16,19)(H,17,18). The molecule has 0 atom stereocenters. The third-order valence-corrected chi connectivity index (χ3v) is 4.32. The molecule has 0 saturated heterocycles. The second-order valence-corrected chi connectivity index (χ2v) is 5.70. The lowest BCUT2D eigenvalue weighted by Crippen LogP contribution is -2.15. The Labute approximate surface area is 126 Å². The van der Waals surface area contributed by atoms with Gasteiger partial charge in [-0.05, 0) is 26.0 Å². The van der Waals surface area contributed by atoms with Crippen molar-refractivity contribution in [2.24, 2.45) is 0 Å². The molecule has 20 heavy (non-hydrogen) atoms. The number of hydrogen-bond acceptors (Lipinski definition) is 4. The van der Waals surface area contributed by atoms with Gasteiger partial charge in [0.05, 0.1) is 27.9 Å². The Hall–Kier alpha value is -1.66. The number of carbonyl (C=O) groups excluding carboxylic acids is 1. The number of carbonyl (C=O) groups is 1. The summed E-state index contributed by atoms with van der Waals surface area (Å²) in [6.07, 6.45) is 0. The minimum absolute atomic E-state index is 0.123. The molecule has 0 saturated carbocycles. The highest BCUT2D eigenvalue weighted by Gasteiger charge is 2.12. The number of amides is 1. The number of nitrogens with one attached hydrogen (secondary N) is 2. The number of anilines is 2. The highest BCUT2D eigenvalue weighted by Crippen LogP contribution is 2.32. The van der Waals surface area contributed by atoms with E-state index in [0.717, 1.165) is 22.0 Å². The quantitative estimate of drug-likeness (QED) is 0.599. The molecule has 1 heterocycles. The zero-order chi connectivity index (χ0) is 14.7. The van der Waals surface area contributed by atoms with Gasteiger partial charge >= 0.3 is 0 Å². The number of rotatable bonds is 4. The van der Waals surface area contributed by atoms with Crippen LogP contribution in [0.4, 0.5) is 11.4 Å². The average Bonchev–Trinajstić information content (AvgIpc) is 2.70. The number of benzene rings is 1. The zero-order valence-electron chi connectivity index (χ0n) is 11.2. The minimum Gasteiger partial charge on any atom is -0.398 e. The predicted octanol–water partition coefficient (Wildman–Crippen LogP) is 2.99. The van der Waals surface area contributed by atoms with Crippen molar-refractivity contribution < 1.29 is 4.79 Å². The van der Waals surface area contributed by atoms with Crippen molar-refractivity contribution in [1.29, 1.82) is 0 Å². The van der Waals surface area contributed by atoms with Crippen LogP contribution in [0.15, 0.2) is 23.1 Å². The number of aromatic nitrogens is 2. The number of H-pyrrole nitrogens is 1. The summed E-state index contributed by atoms with van der Waals surface area (Å²) in [5.74, 6) is 0.111. The van der Waals surface area contributed by atoms with Gasteiger partial charge in [-0.2, -0.15) is 5.10 Å². The van der Waals surface area contributed by atoms with Crippen LogP contribution >= 0.6 is 23.4 Å². The van der Waals surface area contributed by atoms with E-state index in [-0.39, 0.29) is 11.7 Å². The van der Waals surface area contributed by atoms with Gasteiger partial charge in [-0.3, -0.25) is 9.89 Å². The second-order valence-electron chi connectivity index (χ2n) is 4.30. The molecule has 7 heteroatoms. The third-order valence-electron chi connectivity index (χ3n) is 2.74. The first-order valence-electron chi connectivity index (χ1n) is 5.97. The van der Waals surface area contributed by atoms with Gasteiger partial charge in [0, 0.05) is 10.6 Å². The van der Waals surface area contributed by atoms with E-state index in [4.69, 9.17) is 17.3 Å². The van der Waals surface area contributed by atoms with Crippen molar-refractivity contribution in [1.82, 2.24) is 10.2 Å². The molecule has 4 N–H and O–H groups in total. The molecule has 1 aromatic carbocycles. The van der Waals surface area contributed by atoms with E-state index < -0.39 is 0 Å². The SMILES string of the molecule is Cc1n[nH]c(C)c1NC(=O)CSc1c(N)cccc1Cl. The Balaban J connectivity index is 2.00. The zero-order valence-corrected chi connectivity index (χ0v) is 12.7. The maximum atomic E-state index is 12.0. The summed E-state index contributed by atoms with van der Waals surface area (Å²) in [5.41, 5.74) is 8.73. The van der Waals surface area contributed by atoms with Crippen LogP contribution in [-0.4, -0.2) is 21.9 Å². The first-order chi connectivity index (χ1) is 9.49. The molecule has 106 valence electrons. The number of nitrogens with zero attached hydrogens (tertiary/aromatic N) is 1. The van der Waals surface area contributed by atoms with Gasteiger partial charge in [0.1, 0.15) is 0 Å². The van der Waals surface area contributed by atoms with Crippen molar-refractivity contribution in [2.75, 3.05) is 16.8 Å². The fourth-order valence-corrected chi connectivity index (χ4v) is 2.86. The van der Waals surface area contributed by atoms with Crippen molar-refractivity contribution in [3.05, 3.63) is 34.6 Å². The maximum absolute atomic E-state index is 12.0. The van der Waals surface area contributed by atoms with Gasteiger partial charge in [-0.25, -0.2) is 0 Å². The Kier molecular flexibility index (Phi) is 4.57. The van der Waals surface area contributed by atoms with E-state index in [1.54, 1.807) is 18.2 Å². The van der Waals surface area contributed by atoms with Gasteiger partial charge in [-0.1, -0.05) is 17.7 Å². The first-order valence-corrected chi connectivity index (χ1v) is 7.33. The summed E-state index contributed by atoms with van der Waals surface area (Å²) in [5, 5.41) is 10.2. The molecule has 2 aromatic rings. The first kappa shape index (κ1) is 14.7. The Morgan fingerprint density at radius 1 is 1.50 bits per heavy atom. The fourth-order valence-electron chi connectivity index (χ4n) is 1.73. The molecule has 2 rings (SSSR count). The Morgan fingerprint density at radius 3 is 2.85 bits per heavy atom. The maximum Gasteiger partial charge on any atom is 0.234 e. The molecule has 0 radical (unpaired) electrons. The molecule has 0 fully saturated rings. The number of halogens is 1. The summed E-state index contributed by atoms with van der Waals surface area (Å²) < 4.78 is 0. The number of aryl methyl sites for hydroxylation is 2. The van der Waals surface area contributed by atoms with E-state index in [1.807, 2.05) is 13.8 Å². The largest absolute Gasteiger partial charge is 0.398 e. The summed E-state index contributed by atoms with van der Waals surface area (Å²) >= 11 is 7.37. The van der Waals surface area contributed by atoms with E-state index in [0.29, 0.717) is 10.7 Å². The molecule has 0 aliphatic carbocycles. The topological polar surface area (TPSA) is 83.8 Å². The number of nitrogen functional groups attached to an aromatic ring is 1. The monoisotopic (exact) mass is 310 g/mol. The number of thioether (sulfide) groups is 1. The Morgan fingerprint density at radius 2 is 2.25 bits per heavy atom. The lowest BCUT2D eigenvalue weighted by Gasteiger charge is -2.08. The molecule has 0 aliphatic heterocycles. The number of hydrogen-bond donors (Lipinski definition) is 3. The summed E-state index contributed by atoms with van der Waals surface area (Å²) in [4.78, 5) is 12.7. The van der Waals surface area contributed by atoms with E-state index >= 15 is 0 Å². The highest BCUT2D eigenvalue weighted by atomic mass is 35.5. The van der Waals surface area contributed by atoms with Gasteiger partial charge < -0.3 is 11.1 Å². The molecule has 0 spiro atoms.